The second-order valence-electron chi connectivity index (χ2n) is 3.14. The first-order valence-electron chi connectivity index (χ1n) is 4.92. The standard InChI is InChI=1S/C10H14N2O4/c1-2-12-8(13)6-11-5-7-3-4-16-9(7)10(14)15/h3-4,11H,2,5-6H2,1H3,(H,12,13)(H,14,15). The molecule has 6 heteroatoms. The maximum atomic E-state index is 11.1. The molecular weight excluding hydrogens is 212 g/mol. The second-order valence-corrected chi connectivity index (χ2v) is 3.14. The molecule has 0 aliphatic rings. The Labute approximate surface area is 92.6 Å². The van der Waals surface area contributed by atoms with E-state index in [1.165, 1.54) is 6.26 Å². The molecule has 0 spiro atoms. The van der Waals surface area contributed by atoms with Gasteiger partial charge in [0.2, 0.25) is 11.7 Å². The number of hydrogen-bond donors (Lipinski definition) is 3. The molecule has 0 saturated heterocycles. The maximum absolute atomic E-state index is 11.1. The summed E-state index contributed by atoms with van der Waals surface area (Å²) in [5.74, 6) is -1.33. The van der Waals surface area contributed by atoms with Crippen LogP contribution >= 0.6 is 0 Å². The predicted molar refractivity (Wildman–Crippen MR) is 56.1 cm³/mol. The third-order valence-corrected chi connectivity index (χ3v) is 1.92. The van der Waals surface area contributed by atoms with E-state index in [4.69, 9.17) is 9.52 Å². The van der Waals surface area contributed by atoms with Gasteiger partial charge in [0.05, 0.1) is 12.8 Å². The normalized spacial score (nSPS) is 10.1. The van der Waals surface area contributed by atoms with Gasteiger partial charge in [-0.15, -0.1) is 0 Å². The van der Waals surface area contributed by atoms with Crippen LogP contribution in [0.25, 0.3) is 0 Å². The number of rotatable bonds is 6. The molecule has 16 heavy (non-hydrogen) atoms. The lowest BCUT2D eigenvalue weighted by Gasteiger charge is -2.03. The van der Waals surface area contributed by atoms with E-state index in [2.05, 4.69) is 10.6 Å². The summed E-state index contributed by atoms with van der Waals surface area (Å²) in [5, 5.41) is 14.2. The van der Waals surface area contributed by atoms with Crippen molar-refractivity contribution in [2.24, 2.45) is 0 Å². The Morgan fingerprint density at radius 1 is 1.50 bits per heavy atom. The summed E-state index contributed by atoms with van der Waals surface area (Å²) in [5.41, 5.74) is 0.525. The van der Waals surface area contributed by atoms with Crippen LogP contribution < -0.4 is 10.6 Å². The van der Waals surface area contributed by atoms with Gasteiger partial charge in [0.25, 0.3) is 0 Å². The molecule has 0 bridgehead atoms. The molecule has 0 aliphatic carbocycles. The van der Waals surface area contributed by atoms with Gasteiger partial charge in [0, 0.05) is 18.7 Å². The summed E-state index contributed by atoms with van der Waals surface area (Å²) >= 11 is 0. The number of furan rings is 1. The van der Waals surface area contributed by atoms with Crippen molar-refractivity contribution in [1.29, 1.82) is 0 Å². The fourth-order valence-electron chi connectivity index (χ4n) is 1.23. The number of carboxylic acid groups (broad SMARTS) is 1. The summed E-state index contributed by atoms with van der Waals surface area (Å²) in [6.45, 7) is 2.84. The Morgan fingerprint density at radius 2 is 2.25 bits per heavy atom. The zero-order chi connectivity index (χ0) is 12.0. The first-order valence-corrected chi connectivity index (χ1v) is 4.92. The zero-order valence-corrected chi connectivity index (χ0v) is 8.95. The smallest absolute Gasteiger partial charge is 0.372 e. The minimum Gasteiger partial charge on any atom is -0.475 e. The summed E-state index contributed by atoms with van der Waals surface area (Å²) in [6.07, 6.45) is 1.31. The van der Waals surface area contributed by atoms with Crippen LogP contribution in [0.5, 0.6) is 0 Å². The molecule has 6 nitrogen and oxygen atoms in total. The Hall–Kier alpha value is -1.82. The molecule has 0 radical (unpaired) electrons. The highest BCUT2D eigenvalue weighted by Crippen LogP contribution is 2.09. The Morgan fingerprint density at radius 3 is 2.88 bits per heavy atom. The van der Waals surface area contributed by atoms with Gasteiger partial charge >= 0.3 is 5.97 Å². The first-order chi connectivity index (χ1) is 7.65. The Kier molecular flexibility index (Phi) is 4.53. The van der Waals surface area contributed by atoms with E-state index < -0.39 is 5.97 Å². The van der Waals surface area contributed by atoms with Gasteiger partial charge in [-0.2, -0.15) is 0 Å². The molecule has 0 atom stereocenters. The number of amides is 1. The van der Waals surface area contributed by atoms with Crippen molar-refractivity contribution in [1.82, 2.24) is 10.6 Å². The number of aromatic carboxylic acids is 1. The molecule has 88 valence electrons. The van der Waals surface area contributed by atoms with E-state index in [-0.39, 0.29) is 24.8 Å². The maximum Gasteiger partial charge on any atom is 0.372 e. The highest BCUT2D eigenvalue weighted by molar-refractivity contribution is 5.86. The minimum absolute atomic E-state index is 0.0941. The van der Waals surface area contributed by atoms with Gasteiger partial charge in [0.15, 0.2) is 0 Å². The van der Waals surface area contributed by atoms with E-state index in [1.54, 1.807) is 6.07 Å². The van der Waals surface area contributed by atoms with Crippen LogP contribution in [-0.4, -0.2) is 30.1 Å². The molecule has 0 aromatic carbocycles. The van der Waals surface area contributed by atoms with Gasteiger partial charge < -0.3 is 20.2 Å². The number of carbonyl (C=O) groups is 2. The van der Waals surface area contributed by atoms with Crippen LogP contribution in [0.4, 0.5) is 0 Å². The molecule has 1 amide bonds. The quantitative estimate of drug-likeness (QED) is 0.644. The van der Waals surface area contributed by atoms with E-state index >= 15 is 0 Å². The molecule has 1 heterocycles. The van der Waals surface area contributed by atoms with Crippen LogP contribution in [0.3, 0.4) is 0 Å². The van der Waals surface area contributed by atoms with Crippen molar-refractivity contribution in [3.05, 3.63) is 23.7 Å². The van der Waals surface area contributed by atoms with Crippen LogP contribution in [-0.2, 0) is 11.3 Å². The summed E-state index contributed by atoms with van der Waals surface area (Å²) < 4.78 is 4.79. The van der Waals surface area contributed by atoms with Crippen LogP contribution in [0.1, 0.15) is 23.0 Å². The van der Waals surface area contributed by atoms with Gasteiger partial charge in [-0.1, -0.05) is 0 Å². The largest absolute Gasteiger partial charge is 0.475 e. The van der Waals surface area contributed by atoms with E-state index in [0.717, 1.165) is 0 Å². The lowest BCUT2D eigenvalue weighted by Crippen LogP contribution is -2.33. The van der Waals surface area contributed by atoms with Crippen LogP contribution in [0.2, 0.25) is 0 Å². The number of carboxylic acids is 1. The van der Waals surface area contributed by atoms with Crippen molar-refractivity contribution in [2.75, 3.05) is 13.1 Å². The van der Waals surface area contributed by atoms with Crippen LogP contribution in [0, 0.1) is 0 Å². The topological polar surface area (TPSA) is 91.6 Å². The number of carbonyl (C=O) groups excluding carboxylic acids is 1. The van der Waals surface area contributed by atoms with E-state index in [0.29, 0.717) is 12.1 Å². The molecule has 0 fully saturated rings. The van der Waals surface area contributed by atoms with Crippen molar-refractivity contribution in [2.45, 2.75) is 13.5 Å². The van der Waals surface area contributed by atoms with Gasteiger partial charge in [-0.3, -0.25) is 4.79 Å². The Balaban J connectivity index is 2.40. The summed E-state index contributed by atoms with van der Waals surface area (Å²) in [7, 11) is 0. The highest BCUT2D eigenvalue weighted by Gasteiger charge is 2.13. The SMILES string of the molecule is CCNC(=O)CNCc1ccoc1C(=O)O. The molecular formula is C10H14N2O4. The minimum atomic E-state index is -1.11. The van der Waals surface area contributed by atoms with Crippen molar-refractivity contribution in [3.63, 3.8) is 0 Å². The average Bonchev–Trinajstić information content (AvgIpc) is 2.66. The van der Waals surface area contributed by atoms with Gasteiger partial charge in [-0.25, -0.2) is 4.79 Å². The monoisotopic (exact) mass is 226 g/mol. The molecule has 1 aromatic heterocycles. The number of nitrogens with one attached hydrogen (secondary N) is 2. The van der Waals surface area contributed by atoms with Gasteiger partial charge in [-0.05, 0) is 13.0 Å². The van der Waals surface area contributed by atoms with Crippen molar-refractivity contribution < 1.29 is 19.1 Å². The molecule has 0 unspecified atom stereocenters. The van der Waals surface area contributed by atoms with Crippen molar-refractivity contribution >= 4 is 11.9 Å². The Bertz CT molecular complexity index is 373. The lowest BCUT2D eigenvalue weighted by atomic mass is 10.2. The summed E-state index contributed by atoms with van der Waals surface area (Å²) in [6, 6.07) is 1.56. The third kappa shape index (κ3) is 3.39. The molecule has 0 saturated carbocycles. The van der Waals surface area contributed by atoms with Crippen LogP contribution in [0.15, 0.2) is 16.7 Å². The number of hydrogen-bond acceptors (Lipinski definition) is 4. The average molecular weight is 226 g/mol. The third-order valence-electron chi connectivity index (χ3n) is 1.92. The molecule has 3 N–H and O–H groups in total. The highest BCUT2D eigenvalue weighted by atomic mass is 16.4. The van der Waals surface area contributed by atoms with E-state index in [9.17, 15) is 9.59 Å². The summed E-state index contributed by atoms with van der Waals surface area (Å²) in [4.78, 5) is 21.8. The zero-order valence-electron chi connectivity index (χ0n) is 8.95. The molecule has 0 aliphatic heterocycles. The second kappa shape index (κ2) is 5.92. The molecule has 1 aromatic rings. The first kappa shape index (κ1) is 12.3. The fourth-order valence-corrected chi connectivity index (χ4v) is 1.23. The fraction of sp³-hybridized carbons (Fsp3) is 0.400. The number of likely N-dealkylation sites (N-methyl/N-ethyl adjacent to an activating group) is 1. The predicted octanol–water partition coefficient (Wildman–Crippen LogP) is 0.203. The molecule has 1 rings (SSSR count). The van der Waals surface area contributed by atoms with Gasteiger partial charge in [0.1, 0.15) is 0 Å². The van der Waals surface area contributed by atoms with Crippen molar-refractivity contribution in [3.8, 4) is 0 Å². The van der Waals surface area contributed by atoms with E-state index in [1.807, 2.05) is 6.92 Å². The lowest BCUT2D eigenvalue weighted by molar-refractivity contribution is -0.120.